The Labute approximate surface area is 120 Å². The van der Waals surface area contributed by atoms with Crippen LogP contribution >= 0.6 is 35.6 Å². The second-order valence-electron chi connectivity index (χ2n) is 4.32. The highest BCUT2D eigenvalue weighted by Gasteiger charge is 2.45. The van der Waals surface area contributed by atoms with E-state index in [9.17, 15) is 4.79 Å². The van der Waals surface area contributed by atoms with Crippen molar-refractivity contribution in [3.05, 3.63) is 34.9 Å². The molecule has 2 heterocycles. The molecule has 94 valence electrons. The van der Waals surface area contributed by atoms with Crippen LogP contribution in [-0.2, 0) is 11.3 Å². The van der Waals surface area contributed by atoms with Crippen molar-refractivity contribution in [2.45, 2.75) is 12.6 Å². The molecule has 0 aromatic heterocycles. The van der Waals surface area contributed by atoms with Crippen molar-refractivity contribution < 1.29 is 4.79 Å². The molecule has 18 heavy (non-hydrogen) atoms. The molecule has 0 bridgehead atoms. The van der Waals surface area contributed by atoms with Gasteiger partial charge in [-0.25, -0.2) is 0 Å². The average molecular weight is 299 g/mol. The Kier molecular flexibility index (Phi) is 3.21. The van der Waals surface area contributed by atoms with Crippen LogP contribution < -0.4 is 0 Å². The number of rotatable bonds is 2. The molecule has 0 spiro atoms. The van der Waals surface area contributed by atoms with Gasteiger partial charge < -0.3 is 4.90 Å². The Hall–Kier alpha value is -0.780. The number of nitrogens with zero attached hydrogens (tertiary/aromatic N) is 2. The number of hydrogen-bond acceptors (Lipinski definition) is 3. The highest BCUT2D eigenvalue weighted by molar-refractivity contribution is 7.99. The van der Waals surface area contributed by atoms with E-state index < -0.39 is 0 Å². The molecule has 1 aromatic rings. The van der Waals surface area contributed by atoms with Crippen LogP contribution in [0.3, 0.4) is 0 Å². The third-order valence-corrected chi connectivity index (χ3v) is 4.84. The molecule has 0 aliphatic carbocycles. The van der Waals surface area contributed by atoms with Gasteiger partial charge in [0.25, 0.3) is 5.91 Å². The van der Waals surface area contributed by atoms with Gasteiger partial charge in [0.1, 0.15) is 6.04 Å². The first-order chi connectivity index (χ1) is 8.66. The van der Waals surface area contributed by atoms with E-state index >= 15 is 0 Å². The molecule has 0 saturated carbocycles. The van der Waals surface area contributed by atoms with Gasteiger partial charge in [-0.1, -0.05) is 23.7 Å². The van der Waals surface area contributed by atoms with Gasteiger partial charge in [-0.2, -0.15) is 0 Å². The van der Waals surface area contributed by atoms with Crippen LogP contribution in [-0.4, -0.2) is 38.5 Å². The zero-order valence-electron chi connectivity index (χ0n) is 9.51. The van der Waals surface area contributed by atoms with E-state index in [-0.39, 0.29) is 11.9 Å². The van der Waals surface area contributed by atoms with E-state index in [1.807, 2.05) is 29.2 Å². The van der Waals surface area contributed by atoms with Crippen LogP contribution in [0.1, 0.15) is 5.56 Å². The normalized spacial score (nSPS) is 22.8. The summed E-state index contributed by atoms with van der Waals surface area (Å²) >= 11 is 13.1. The van der Waals surface area contributed by atoms with Crippen LogP contribution in [0.15, 0.2) is 24.3 Å². The van der Waals surface area contributed by atoms with Gasteiger partial charge >= 0.3 is 0 Å². The van der Waals surface area contributed by atoms with Gasteiger partial charge in [0.2, 0.25) is 0 Å². The van der Waals surface area contributed by atoms with Crippen LogP contribution in [0.4, 0.5) is 0 Å². The van der Waals surface area contributed by atoms with Crippen molar-refractivity contribution in [3.8, 4) is 0 Å². The monoisotopic (exact) mass is 298 g/mol. The number of halogens is 1. The number of hydrogen-bond donors (Lipinski definition) is 0. The summed E-state index contributed by atoms with van der Waals surface area (Å²) in [4.78, 5) is 15.9. The fraction of sp³-hybridized carbons (Fsp3) is 0.333. The molecule has 0 N–H and O–H groups in total. The first kappa shape index (κ1) is 12.3. The Balaban J connectivity index is 1.81. The van der Waals surface area contributed by atoms with Crippen LogP contribution in [0, 0.1) is 0 Å². The topological polar surface area (TPSA) is 23.6 Å². The Morgan fingerprint density at radius 3 is 3.06 bits per heavy atom. The van der Waals surface area contributed by atoms with E-state index in [1.54, 1.807) is 16.7 Å². The summed E-state index contributed by atoms with van der Waals surface area (Å²) in [6, 6.07) is 7.49. The van der Waals surface area contributed by atoms with E-state index in [4.69, 9.17) is 23.8 Å². The highest BCUT2D eigenvalue weighted by Crippen LogP contribution is 2.30. The van der Waals surface area contributed by atoms with E-state index in [0.29, 0.717) is 16.7 Å². The first-order valence-corrected chi connectivity index (χ1v) is 7.55. The first-order valence-electron chi connectivity index (χ1n) is 5.61. The zero-order valence-corrected chi connectivity index (χ0v) is 11.9. The molecule has 2 saturated heterocycles. The number of thioether (sulfide) groups is 1. The second-order valence-corrected chi connectivity index (χ2v) is 6.12. The smallest absolute Gasteiger partial charge is 0.252 e. The molecule has 0 unspecified atom stereocenters. The third-order valence-electron chi connectivity index (χ3n) is 3.14. The zero-order chi connectivity index (χ0) is 12.7. The number of thiocarbonyl (C=S) groups is 1. The Bertz CT molecular complexity index is 501. The largest absolute Gasteiger partial charge is 0.327 e. The van der Waals surface area contributed by atoms with Crippen molar-refractivity contribution in [2.75, 3.05) is 11.6 Å². The van der Waals surface area contributed by atoms with Crippen molar-refractivity contribution >= 4 is 46.6 Å². The molecule has 2 aliphatic heterocycles. The van der Waals surface area contributed by atoms with E-state index in [2.05, 4.69) is 0 Å². The van der Waals surface area contributed by atoms with Gasteiger partial charge in [-0.3, -0.25) is 9.69 Å². The predicted molar refractivity (Wildman–Crippen MR) is 77.6 cm³/mol. The SMILES string of the molecule is O=C1[C@@H]2CSCN2C(=S)N1Cc1cccc(Cl)c1. The lowest BCUT2D eigenvalue weighted by Gasteiger charge is -2.18. The van der Waals surface area contributed by atoms with Gasteiger partial charge in [0.05, 0.1) is 12.4 Å². The molecule has 3 rings (SSSR count). The number of carbonyl (C=O) groups excluding carboxylic acids is 1. The molecule has 1 atom stereocenters. The lowest BCUT2D eigenvalue weighted by Crippen LogP contribution is -2.32. The van der Waals surface area contributed by atoms with Gasteiger partial charge in [-0.05, 0) is 29.9 Å². The van der Waals surface area contributed by atoms with Crippen molar-refractivity contribution in [3.63, 3.8) is 0 Å². The maximum atomic E-state index is 12.2. The van der Waals surface area contributed by atoms with Gasteiger partial charge in [0.15, 0.2) is 5.11 Å². The molecule has 2 aliphatic rings. The second kappa shape index (κ2) is 4.72. The molecule has 2 fully saturated rings. The fourth-order valence-corrected chi connectivity index (χ4v) is 4.02. The summed E-state index contributed by atoms with van der Waals surface area (Å²) in [5.41, 5.74) is 1.01. The van der Waals surface area contributed by atoms with Crippen molar-refractivity contribution in [1.82, 2.24) is 9.80 Å². The van der Waals surface area contributed by atoms with Crippen molar-refractivity contribution in [1.29, 1.82) is 0 Å². The van der Waals surface area contributed by atoms with Crippen LogP contribution in [0.5, 0.6) is 0 Å². The summed E-state index contributed by atoms with van der Waals surface area (Å²) in [5, 5.41) is 1.33. The van der Waals surface area contributed by atoms with Crippen LogP contribution in [0.25, 0.3) is 0 Å². The maximum Gasteiger partial charge on any atom is 0.252 e. The average Bonchev–Trinajstić information content (AvgIpc) is 2.90. The molecule has 1 amide bonds. The minimum atomic E-state index is -0.0540. The summed E-state index contributed by atoms with van der Waals surface area (Å²) < 4.78 is 0. The minimum absolute atomic E-state index is 0.0540. The Morgan fingerprint density at radius 1 is 1.50 bits per heavy atom. The van der Waals surface area contributed by atoms with Crippen molar-refractivity contribution in [2.24, 2.45) is 0 Å². The summed E-state index contributed by atoms with van der Waals surface area (Å²) in [5.74, 6) is 1.77. The lowest BCUT2D eigenvalue weighted by molar-refractivity contribution is -0.127. The van der Waals surface area contributed by atoms with Gasteiger partial charge in [0, 0.05) is 10.8 Å². The molecular formula is C12H11ClN2OS2. The fourth-order valence-electron chi connectivity index (χ4n) is 2.23. The number of carbonyl (C=O) groups is 1. The number of fused-ring (bicyclic) bond motifs is 1. The number of benzene rings is 1. The molecule has 6 heteroatoms. The quantitative estimate of drug-likeness (QED) is 0.782. The Morgan fingerprint density at radius 2 is 2.33 bits per heavy atom. The molecular weight excluding hydrogens is 288 g/mol. The lowest BCUT2D eigenvalue weighted by atomic mass is 10.2. The van der Waals surface area contributed by atoms with Gasteiger partial charge in [-0.15, -0.1) is 11.8 Å². The standard InChI is InChI=1S/C12H11ClN2OS2/c13-9-3-1-2-8(4-9)5-14-11(16)10-6-18-7-15(10)12(14)17/h1-4,10H,5-7H2/t10-/m0/s1. The number of amides is 1. The third kappa shape index (κ3) is 2.00. The summed E-state index contributed by atoms with van der Waals surface area (Å²) in [6.45, 7) is 0.510. The summed E-state index contributed by atoms with van der Waals surface area (Å²) in [6.07, 6.45) is 0. The molecule has 1 aromatic carbocycles. The van der Waals surface area contributed by atoms with E-state index in [0.717, 1.165) is 17.2 Å². The van der Waals surface area contributed by atoms with E-state index in [1.165, 1.54) is 0 Å². The molecule has 0 radical (unpaired) electrons. The minimum Gasteiger partial charge on any atom is -0.327 e. The molecule has 3 nitrogen and oxygen atoms in total. The predicted octanol–water partition coefficient (Wildman–Crippen LogP) is 2.34. The summed E-state index contributed by atoms with van der Waals surface area (Å²) in [7, 11) is 0. The maximum absolute atomic E-state index is 12.2. The highest BCUT2D eigenvalue weighted by atomic mass is 35.5. The van der Waals surface area contributed by atoms with Crippen LogP contribution in [0.2, 0.25) is 5.02 Å².